The van der Waals surface area contributed by atoms with Crippen molar-refractivity contribution >= 4 is 51.6 Å². The molecule has 2 aromatic heterocycles. The molecular formula is C25H25N3O3S2. The van der Waals surface area contributed by atoms with Gasteiger partial charge in [0, 0.05) is 28.9 Å². The molecule has 2 heterocycles. The van der Waals surface area contributed by atoms with E-state index in [1.807, 2.05) is 74.1 Å². The van der Waals surface area contributed by atoms with Crippen molar-refractivity contribution in [3.05, 3.63) is 82.9 Å². The fourth-order valence-corrected chi connectivity index (χ4v) is 5.24. The SMILES string of the molecule is CN(C)CC(=O)Nc1cccc(CNC(=O)c2oc3ccccc3c2CSc2cccs2)c1. The summed E-state index contributed by atoms with van der Waals surface area (Å²) in [6.45, 7) is 0.629. The number of fused-ring (bicyclic) bond motifs is 1. The number of para-hydroxylation sites is 1. The highest BCUT2D eigenvalue weighted by Gasteiger charge is 2.20. The highest BCUT2D eigenvalue weighted by Crippen LogP contribution is 2.33. The number of carbonyl (C=O) groups is 2. The van der Waals surface area contributed by atoms with Crippen molar-refractivity contribution in [3.8, 4) is 0 Å². The maximum Gasteiger partial charge on any atom is 0.287 e. The zero-order valence-corrected chi connectivity index (χ0v) is 20.1. The average molecular weight is 480 g/mol. The fourth-order valence-electron chi connectivity index (χ4n) is 3.42. The minimum Gasteiger partial charge on any atom is -0.451 e. The highest BCUT2D eigenvalue weighted by molar-refractivity contribution is 8.00. The zero-order chi connectivity index (χ0) is 23.2. The molecule has 2 amide bonds. The number of hydrogen-bond donors (Lipinski definition) is 2. The Labute approximate surface area is 201 Å². The van der Waals surface area contributed by atoms with E-state index in [4.69, 9.17) is 4.42 Å². The molecule has 0 fully saturated rings. The van der Waals surface area contributed by atoms with Gasteiger partial charge in [-0.25, -0.2) is 0 Å². The Hall–Kier alpha value is -3.07. The van der Waals surface area contributed by atoms with Gasteiger partial charge in [-0.15, -0.1) is 23.1 Å². The first-order chi connectivity index (χ1) is 16.0. The molecule has 6 nitrogen and oxygen atoms in total. The van der Waals surface area contributed by atoms with Gasteiger partial charge in [-0.1, -0.05) is 36.4 Å². The summed E-state index contributed by atoms with van der Waals surface area (Å²) in [7, 11) is 3.69. The van der Waals surface area contributed by atoms with E-state index < -0.39 is 0 Å². The van der Waals surface area contributed by atoms with E-state index in [-0.39, 0.29) is 11.8 Å². The lowest BCUT2D eigenvalue weighted by Gasteiger charge is -2.11. The first kappa shape index (κ1) is 23.1. The number of thioether (sulfide) groups is 1. The van der Waals surface area contributed by atoms with Gasteiger partial charge in [-0.3, -0.25) is 9.59 Å². The van der Waals surface area contributed by atoms with Crippen LogP contribution in [0.3, 0.4) is 0 Å². The van der Waals surface area contributed by atoms with Crippen molar-refractivity contribution in [1.29, 1.82) is 0 Å². The topological polar surface area (TPSA) is 74.6 Å². The Morgan fingerprint density at radius 1 is 1.06 bits per heavy atom. The Kier molecular flexibility index (Phi) is 7.49. The van der Waals surface area contributed by atoms with E-state index in [1.54, 1.807) is 28.0 Å². The third kappa shape index (κ3) is 6.04. The van der Waals surface area contributed by atoms with Crippen molar-refractivity contribution in [2.45, 2.75) is 16.5 Å². The molecule has 0 aliphatic carbocycles. The van der Waals surface area contributed by atoms with Crippen LogP contribution in [0, 0.1) is 0 Å². The third-order valence-electron chi connectivity index (χ3n) is 4.88. The summed E-state index contributed by atoms with van der Waals surface area (Å²) in [5.41, 5.74) is 3.18. The Morgan fingerprint density at radius 3 is 2.70 bits per heavy atom. The largest absolute Gasteiger partial charge is 0.451 e. The van der Waals surface area contributed by atoms with Crippen LogP contribution >= 0.6 is 23.1 Å². The van der Waals surface area contributed by atoms with Gasteiger partial charge in [0.1, 0.15) is 5.58 Å². The summed E-state index contributed by atoms with van der Waals surface area (Å²) in [4.78, 5) is 26.9. The van der Waals surface area contributed by atoms with Crippen molar-refractivity contribution < 1.29 is 14.0 Å². The summed E-state index contributed by atoms with van der Waals surface area (Å²) in [5.74, 6) is 0.648. The highest BCUT2D eigenvalue weighted by atomic mass is 32.2. The molecular weight excluding hydrogens is 454 g/mol. The molecule has 0 saturated heterocycles. The number of nitrogens with one attached hydrogen (secondary N) is 2. The molecule has 33 heavy (non-hydrogen) atoms. The van der Waals surface area contributed by atoms with Crippen LogP contribution in [0.15, 0.2) is 74.7 Å². The third-order valence-corrected chi connectivity index (χ3v) is 7.04. The van der Waals surface area contributed by atoms with Gasteiger partial charge >= 0.3 is 0 Å². The van der Waals surface area contributed by atoms with E-state index in [0.29, 0.717) is 35.9 Å². The fraction of sp³-hybridized carbons (Fsp3) is 0.200. The summed E-state index contributed by atoms with van der Waals surface area (Å²) in [6.07, 6.45) is 0. The molecule has 0 aliphatic rings. The number of benzene rings is 2. The van der Waals surface area contributed by atoms with Gasteiger partial charge in [0.15, 0.2) is 5.76 Å². The van der Waals surface area contributed by atoms with E-state index in [2.05, 4.69) is 16.7 Å². The number of amides is 2. The number of likely N-dealkylation sites (N-methyl/N-ethyl adjacent to an activating group) is 1. The zero-order valence-electron chi connectivity index (χ0n) is 18.5. The minimum absolute atomic E-state index is 0.0867. The van der Waals surface area contributed by atoms with Crippen LogP contribution in [0.2, 0.25) is 0 Å². The average Bonchev–Trinajstić information content (AvgIpc) is 3.43. The predicted molar refractivity (Wildman–Crippen MR) is 135 cm³/mol. The van der Waals surface area contributed by atoms with E-state index in [9.17, 15) is 9.59 Å². The second kappa shape index (κ2) is 10.7. The van der Waals surface area contributed by atoms with Gasteiger partial charge in [0.2, 0.25) is 5.91 Å². The van der Waals surface area contributed by atoms with Gasteiger partial charge in [0.25, 0.3) is 5.91 Å². The lowest BCUT2D eigenvalue weighted by Crippen LogP contribution is -2.27. The van der Waals surface area contributed by atoms with Gasteiger partial charge < -0.3 is 20.0 Å². The molecule has 4 aromatic rings. The summed E-state index contributed by atoms with van der Waals surface area (Å²) in [6, 6.07) is 19.3. The van der Waals surface area contributed by atoms with Gasteiger partial charge in [-0.05, 0) is 49.3 Å². The van der Waals surface area contributed by atoms with Crippen molar-refractivity contribution in [1.82, 2.24) is 10.2 Å². The van der Waals surface area contributed by atoms with E-state index in [1.165, 1.54) is 4.21 Å². The summed E-state index contributed by atoms with van der Waals surface area (Å²) >= 11 is 3.37. The maximum atomic E-state index is 13.1. The van der Waals surface area contributed by atoms with Gasteiger partial charge in [-0.2, -0.15) is 0 Å². The lowest BCUT2D eigenvalue weighted by atomic mass is 10.1. The van der Waals surface area contributed by atoms with Gasteiger partial charge in [0.05, 0.1) is 10.8 Å². The van der Waals surface area contributed by atoms with Crippen LogP contribution in [-0.2, 0) is 17.1 Å². The number of furan rings is 1. The molecule has 4 rings (SSSR count). The van der Waals surface area contributed by atoms with Crippen molar-refractivity contribution in [2.24, 2.45) is 0 Å². The number of rotatable bonds is 9. The second-order valence-corrected chi connectivity index (χ2v) is 10.0. The van der Waals surface area contributed by atoms with Crippen LogP contribution < -0.4 is 10.6 Å². The molecule has 0 unspecified atom stereocenters. The molecule has 170 valence electrons. The number of thiophene rings is 1. The Balaban J connectivity index is 1.46. The number of anilines is 1. The molecule has 8 heteroatoms. The quantitative estimate of drug-likeness (QED) is 0.322. The summed E-state index contributed by atoms with van der Waals surface area (Å²) < 4.78 is 7.14. The molecule has 2 aromatic carbocycles. The molecule has 0 atom stereocenters. The molecule has 0 bridgehead atoms. The van der Waals surface area contributed by atoms with Crippen molar-refractivity contribution in [3.63, 3.8) is 0 Å². The molecule has 0 aliphatic heterocycles. The minimum atomic E-state index is -0.255. The standard InChI is InChI=1S/C25H25N3O3S2/c1-28(2)15-22(29)27-18-8-5-7-17(13-18)14-26-25(30)24-20(16-33-23-11-6-12-32-23)19-9-3-4-10-21(19)31-24/h3-13H,14-16H2,1-2H3,(H,26,30)(H,27,29). The van der Waals surface area contributed by atoms with Crippen LogP contribution in [-0.4, -0.2) is 37.4 Å². The van der Waals surface area contributed by atoms with Crippen LogP contribution in [0.5, 0.6) is 0 Å². The first-order valence-corrected chi connectivity index (χ1v) is 12.3. The second-order valence-electron chi connectivity index (χ2n) is 7.80. The summed E-state index contributed by atoms with van der Waals surface area (Å²) in [5, 5.41) is 8.84. The Bertz CT molecular complexity index is 1250. The monoisotopic (exact) mass is 479 g/mol. The predicted octanol–water partition coefficient (Wildman–Crippen LogP) is 5.22. The van der Waals surface area contributed by atoms with Crippen molar-refractivity contribution in [2.75, 3.05) is 26.0 Å². The van der Waals surface area contributed by atoms with Crippen LogP contribution in [0.4, 0.5) is 5.69 Å². The number of hydrogen-bond acceptors (Lipinski definition) is 6. The van der Waals surface area contributed by atoms with E-state index in [0.717, 1.165) is 16.5 Å². The smallest absolute Gasteiger partial charge is 0.287 e. The molecule has 0 radical (unpaired) electrons. The molecule has 0 saturated carbocycles. The maximum absolute atomic E-state index is 13.1. The number of carbonyl (C=O) groups excluding carboxylic acids is 2. The van der Waals surface area contributed by atoms with Crippen LogP contribution in [0.25, 0.3) is 11.0 Å². The lowest BCUT2D eigenvalue weighted by molar-refractivity contribution is -0.116. The normalized spacial score (nSPS) is 11.1. The van der Waals surface area contributed by atoms with Crippen LogP contribution in [0.1, 0.15) is 21.7 Å². The molecule has 0 spiro atoms. The first-order valence-electron chi connectivity index (χ1n) is 10.5. The number of nitrogens with zero attached hydrogens (tertiary/aromatic N) is 1. The van der Waals surface area contributed by atoms with E-state index >= 15 is 0 Å². The molecule has 2 N–H and O–H groups in total. The Morgan fingerprint density at radius 2 is 1.91 bits per heavy atom.